The Balaban J connectivity index is 0.899. The molecule has 0 bridgehead atoms. The minimum Gasteiger partial charge on any atom is -0.339 e. The smallest absolute Gasteiger partial charge is 0.0463 e. The Labute approximate surface area is 461 Å². The molecule has 0 amide bonds. The molecule has 6 nitrogen and oxygen atoms in total. The highest BCUT2D eigenvalue weighted by Crippen LogP contribution is 2.44. The molecule has 0 fully saturated rings. The zero-order chi connectivity index (χ0) is 53.2. The average molecular weight is 1010 g/mol. The molecule has 0 aromatic heterocycles. The second-order valence-electron chi connectivity index (χ2n) is 19.9. The van der Waals surface area contributed by atoms with E-state index in [1.165, 1.54) is 11.4 Å². The Morgan fingerprint density at radius 2 is 0.269 bits per heavy atom. The maximum absolute atomic E-state index is 2.38. The molecule has 78 heavy (non-hydrogen) atoms. The van der Waals surface area contributed by atoms with Crippen molar-refractivity contribution in [2.24, 2.45) is 0 Å². The maximum Gasteiger partial charge on any atom is 0.0463 e. The second-order valence-corrected chi connectivity index (χ2v) is 19.9. The molecule has 0 aliphatic heterocycles. The van der Waals surface area contributed by atoms with Crippen molar-refractivity contribution >= 4 is 91.0 Å². The van der Waals surface area contributed by atoms with Crippen LogP contribution < -0.4 is 29.4 Å². The van der Waals surface area contributed by atoms with E-state index in [2.05, 4.69) is 360 Å². The number of hydrogen-bond acceptors (Lipinski definition) is 6. The van der Waals surface area contributed by atoms with Crippen LogP contribution >= 0.6 is 0 Å². The summed E-state index contributed by atoms with van der Waals surface area (Å²) in [6.07, 6.45) is 0. The number of anilines is 16. The fraction of sp³-hybridized carbons (Fsp3) is 0.0833. The van der Waals surface area contributed by atoms with Crippen molar-refractivity contribution in [3.05, 3.63) is 303 Å². The predicted molar refractivity (Wildman–Crippen MR) is 333 cm³/mol. The lowest BCUT2D eigenvalue weighted by atomic mass is 10.1. The van der Waals surface area contributed by atoms with Gasteiger partial charge in [-0.3, -0.25) is 0 Å². The SMILES string of the molecule is CC(C)N(c1ccccc1)c1ccc(N(c2ccccc2)c2ccc(N(c3ccccc3)c3ccc(N(c4ccccc4)c4ccc(N(c5ccccc5)c5ccc(N(c6ccccc6)C(C)C)cc5)cc4)cc3)cc2)cc1. The highest BCUT2D eigenvalue weighted by atomic mass is 15.2. The van der Waals surface area contributed by atoms with E-state index >= 15 is 0 Å². The lowest BCUT2D eigenvalue weighted by molar-refractivity contribution is 0.789. The largest absolute Gasteiger partial charge is 0.339 e. The lowest BCUT2D eigenvalue weighted by Crippen LogP contribution is -2.25. The van der Waals surface area contributed by atoms with Gasteiger partial charge in [-0.2, -0.15) is 0 Å². The Bertz CT molecular complexity index is 3340. The molecule has 6 heteroatoms. The summed E-state index contributed by atoms with van der Waals surface area (Å²) in [6, 6.07) is 109. The third-order valence-electron chi connectivity index (χ3n) is 14.0. The van der Waals surface area contributed by atoms with Gasteiger partial charge in [0.15, 0.2) is 0 Å². The van der Waals surface area contributed by atoms with Crippen molar-refractivity contribution in [1.82, 2.24) is 0 Å². The lowest BCUT2D eigenvalue weighted by Gasteiger charge is -2.31. The molecule has 0 spiro atoms. The summed E-state index contributed by atoms with van der Waals surface area (Å²) < 4.78 is 0. The molecule has 0 aliphatic rings. The van der Waals surface area contributed by atoms with E-state index in [9.17, 15) is 0 Å². The summed E-state index contributed by atoms with van der Waals surface area (Å²) >= 11 is 0. The number of rotatable bonds is 18. The Morgan fingerprint density at radius 3 is 0.423 bits per heavy atom. The van der Waals surface area contributed by atoms with Crippen LogP contribution in [-0.2, 0) is 0 Å². The van der Waals surface area contributed by atoms with Crippen LogP contribution in [0, 0.1) is 0 Å². The van der Waals surface area contributed by atoms with Gasteiger partial charge >= 0.3 is 0 Å². The fourth-order valence-corrected chi connectivity index (χ4v) is 10.5. The zero-order valence-electron chi connectivity index (χ0n) is 44.7. The quantitative estimate of drug-likeness (QED) is 0.0847. The van der Waals surface area contributed by atoms with Crippen molar-refractivity contribution in [3.63, 3.8) is 0 Å². The summed E-state index contributed by atoms with van der Waals surface area (Å²) in [4.78, 5) is 14.1. The number of benzene rings is 11. The first-order valence-electron chi connectivity index (χ1n) is 27.0. The molecule has 0 unspecified atom stereocenters. The summed E-state index contributed by atoms with van der Waals surface area (Å²) in [5.74, 6) is 0. The summed E-state index contributed by atoms with van der Waals surface area (Å²) in [7, 11) is 0. The number of para-hydroxylation sites is 6. The van der Waals surface area contributed by atoms with Gasteiger partial charge in [-0.05, 0) is 222 Å². The average Bonchev–Trinajstić information content (AvgIpc) is 3.52. The summed E-state index contributed by atoms with van der Waals surface area (Å²) in [6.45, 7) is 8.94. The summed E-state index contributed by atoms with van der Waals surface area (Å²) in [5.41, 5.74) is 17.5. The molecular formula is C72H64N6. The van der Waals surface area contributed by atoms with Gasteiger partial charge in [0, 0.05) is 103 Å². The molecule has 0 saturated carbocycles. The molecule has 382 valence electrons. The van der Waals surface area contributed by atoms with E-state index < -0.39 is 0 Å². The van der Waals surface area contributed by atoms with Gasteiger partial charge in [0.1, 0.15) is 0 Å². The molecule has 0 atom stereocenters. The number of nitrogens with zero attached hydrogens (tertiary/aromatic N) is 6. The monoisotopic (exact) mass is 1010 g/mol. The first-order chi connectivity index (χ1) is 38.4. The highest BCUT2D eigenvalue weighted by molar-refractivity contribution is 5.85. The van der Waals surface area contributed by atoms with Gasteiger partial charge in [-0.15, -0.1) is 0 Å². The van der Waals surface area contributed by atoms with Crippen molar-refractivity contribution < 1.29 is 0 Å². The van der Waals surface area contributed by atoms with Gasteiger partial charge in [-0.25, -0.2) is 0 Å². The van der Waals surface area contributed by atoms with Gasteiger partial charge in [0.25, 0.3) is 0 Å². The van der Waals surface area contributed by atoms with Crippen molar-refractivity contribution in [2.75, 3.05) is 29.4 Å². The first-order valence-corrected chi connectivity index (χ1v) is 27.0. The van der Waals surface area contributed by atoms with E-state index in [4.69, 9.17) is 0 Å². The molecule has 0 radical (unpaired) electrons. The minimum absolute atomic E-state index is 0.288. The molecule has 11 rings (SSSR count). The van der Waals surface area contributed by atoms with Crippen LogP contribution in [0.4, 0.5) is 91.0 Å². The Kier molecular flexibility index (Phi) is 15.1. The third-order valence-corrected chi connectivity index (χ3v) is 14.0. The zero-order valence-corrected chi connectivity index (χ0v) is 44.7. The van der Waals surface area contributed by atoms with Crippen molar-refractivity contribution in [2.45, 2.75) is 39.8 Å². The third kappa shape index (κ3) is 11.0. The Morgan fingerprint density at radius 1 is 0.154 bits per heavy atom. The molecule has 0 aliphatic carbocycles. The van der Waals surface area contributed by atoms with E-state index in [1.54, 1.807) is 0 Å². The molecule has 11 aromatic carbocycles. The van der Waals surface area contributed by atoms with E-state index in [-0.39, 0.29) is 12.1 Å². The molecule has 0 N–H and O–H groups in total. The van der Waals surface area contributed by atoms with Crippen LogP contribution in [0.25, 0.3) is 0 Å². The van der Waals surface area contributed by atoms with E-state index in [0.29, 0.717) is 0 Å². The number of hydrogen-bond donors (Lipinski definition) is 0. The first kappa shape index (κ1) is 50.4. The molecule has 0 saturated heterocycles. The molecule has 0 heterocycles. The standard InChI is InChI=1S/C72H64N6/c1-55(2)73(57-23-11-5-12-24-57)63-35-39-65(40-36-63)75(59-27-15-7-16-28-59)67-43-47-69(48-44-67)77(61-31-19-9-20-32-61)71-51-53-72(54-52-71)78(62-33-21-10-22-34-62)70-49-45-68(46-50-70)76(60-29-17-8-18-30-60)66-41-37-64(38-42-66)74(56(3)4)58-25-13-6-14-26-58/h5-56H,1-4H3. The predicted octanol–water partition coefficient (Wildman–Crippen LogP) is 20.7. The van der Waals surface area contributed by atoms with Crippen LogP contribution in [0.15, 0.2) is 303 Å². The summed E-state index contributed by atoms with van der Waals surface area (Å²) in [5, 5.41) is 0. The van der Waals surface area contributed by atoms with E-state index in [1.807, 2.05) is 0 Å². The molecular weight excluding hydrogens is 949 g/mol. The normalized spacial score (nSPS) is 11.1. The Hall–Kier alpha value is -9.78. The van der Waals surface area contributed by atoms with Gasteiger partial charge in [-0.1, -0.05) is 109 Å². The minimum atomic E-state index is 0.288. The van der Waals surface area contributed by atoms with Gasteiger partial charge in [0.2, 0.25) is 0 Å². The van der Waals surface area contributed by atoms with Gasteiger partial charge in [0.05, 0.1) is 0 Å². The topological polar surface area (TPSA) is 19.4 Å². The highest BCUT2D eigenvalue weighted by Gasteiger charge is 2.21. The fourth-order valence-electron chi connectivity index (χ4n) is 10.5. The second kappa shape index (κ2) is 23.4. The van der Waals surface area contributed by atoms with Crippen LogP contribution in [0.3, 0.4) is 0 Å². The van der Waals surface area contributed by atoms with Crippen molar-refractivity contribution in [3.8, 4) is 0 Å². The van der Waals surface area contributed by atoms with Crippen LogP contribution in [-0.4, -0.2) is 12.1 Å². The van der Waals surface area contributed by atoms with Crippen LogP contribution in [0.2, 0.25) is 0 Å². The van der Waals surface area contributed by atoms with E-state index in [0.717, 1.165) is 79.6 Å². The van der Waals surface area contributed by atoms with Crippen LogP contribution in [0.1, 0.15) is 27.7 Å². The van der Waals surface area contributed by atoms with Gasteiger partial charge < -0.3 is 29.4 Å². The maximum atomic E-state index is 2.38. The van der Waals surface area contributed by atoms with Crippen LogP contribution in [0.5, 0.6) is 0 Å². The van der Waals surface area contributed by atoms with Crippen molar-refractivity contribution in [1.29, 1.82) is 0 Å². The molecule has 11 aromatic rings.